The number of non-ortho nitro benzene ring substituents is 1. The summed E-state index contributed by atoms with van der Waals surface area (Å²) in [7, 11) is 0. The van der Waals surface area contributed by atoms with E-state index in [1.807, 2.05) is 30.3 Å². The molecule has 162 valence electrons. The van der Waals surface area contributed by atoms with Crippen LogP contribution >= 0.6 is 11.3 Å². The molecule has 0 unspecified atom stereocenters. The maximum absolute atomic E-state index is 14.8. The van der Waals surface area contributed by atoms with Gasteiger partial charge in [0.2, 0.25) is 10.9 Å². The summed E-state index contributed by atoms with van der Waals surface area (Å²) >= 11 is 1.09. The lowest BCUT2D eigenvalue weighted by Gasteiger charge is -2.07. The molecule has 0 radical (unpaired) electrons. The van der Waals surface area contributed by atoms with Crippen LogP contribution in [0.4, 0.5) is 20.8 Å². The summed E-state index contributed by atoms with van der Waals surface area (Å²) in [5.41, 5.74) is 2.32. The van der Waals surface area contributed by atoms with Crippen LogP contribution in [0.5, 0.6) is 5.88 Å². The van der Waals surface area contributed by atoms with Gasteiger partial charge < -0.3 is 5.11 Å². The van der Waals surface area contributed by atoms with Crippen molar-refractivity contribution >= 4 is 32.7 Å². The van der Waals surface area contributed by atoms with Crippen LogP contribution in [0.1, 0.15) is 0 Å². The summed E-state index contributed by atoms with van der Waals surface area (Å²) < 4.78 is 16.2. The number of hydrogen-bond acceptors (Lipinski definition) is 7. The molecule has 0 fully saturated rings. The molecule has 0 atom stereocenters. The minimum atomic E-state index is -0.504. The second kappa shape index (κ2) is 8.24. The lowest BCUT2D eigenvalue weighted by molar-refractivity contribution is -0.384. The molecule has 1 N–H and O–H groups in total. The third-order valence-corrected chi connectivity index (χ3v) is 5.84. The van der Waals surface area contributed by atoms with Crippen molar-refractivity contribution in [3.05, 3.63) is 94.8 Å². The average Bonchev–Trinajstić information content (AvgIpc) is 3.35. The third kappa shape index (κ3) is 3.72. The number of fused-ring (bicyclic) bond motifs is 1. The van der Waals surface area contributed by atoms with Crippen LogP contribution in [-0.2, 0) is 0 Å². The first-order valence-electron chi connectivity index (χ1n) is 9.73. The molecule has 5 aromatic rings. The second-order valence-corrected chi connectivity index (χ2v) is 7.93. The molecule has 8 nitrogen and oxygen atoms in total. The van der Waals surface area contributed by atoms with Gasteiger partial charge in [-0.25, -0.2) is 9.37 Å². The number of hydrogen-bond donors (Lipinski definition) is 1. The van der Waals surface area contributed by atoms with Gasteiger partial charge in [0.05, 0.1) is 22.0 Å². The number of imidazole rings is 1. The van der Waals surface area contributed by atoms with E-state index in [-0.39, 0.29) is 22.1 Å². The van der Waals surface area contributed by atoms with Gasteiger partial charge in [-0.05, 0) is 24.3 Å². The Hall–Kier alpha value is -4.44. The maximum Gasteiger partial charge on any atom is 0.269 e. The number of azo groups is 1. The molecule has 0 saturated carbocycles. The Morgan fingerprint density at radius 2 is 1.67 bits per heavy atom. The smallest absolute Gasteiger partial charge is 0.269 e. The molecule has 0 aliphatic rings. The quantitative estimate of drug-likeness (QED) is 0.175. The van der Waals surface area contributed by atoms with E-state index in [4.69, 9.17) is 0 Å². The van der Waals surface area contributed by atoms with Crippen molar-refractivity contribution in [2.45, 2.75) is 0 Å². The van der Waals surface area contributed by atoms with Crippen molar-refractivity contribution in [2.75, 3.05) is 0 Å². The number of nitrogens with zero attached hydrogens (tertiary/aromatic N) is 5. The highest BCUT2D eigenvalue weighted by molar-refractivity contribution is 7.21. The molecule has 5 rings (SSSR count). The van der Waals surface area contributed by atoms with Gasteiger partial charge in [-0.3, -0.25) is 14.5 Å². The zero-order chi connectivity index (χ0) is 22.9. The number of thiazole rings is 1. The van der Waals surface area contributed by atoms with Crippen LogP contribution in [0.15, 0.2) is 89.1 Å². The van der Waals surface area contributed by atoms with E-state index in [0.717, 1.165) is 16.9 Å². The highest BCUT2D eigenvalue weighted by Gasteiger charge is 2.24. The van der Waals surface area contributed by atoms with Crippen molar-refractivity contribution in [1.29, 1.82) is 0 Å². The minimum Gasteiger partial charge on any atom is -0.492 e. The second-order valence-electron chi connectivity index (χ2n) is 6.98. The van der Waals surface area contributed by atoms with Crippen LogP contribution in [-0.4, -0.2) is 19.4 Å². The van der Waals surface area contributed by atoms with Gasteiger partial charge in [0.1, 0.15) is 5.82 Å². The molecule has 0 aliphatic carbocycles. The van der Waals surface area contributed by atoms with Crippen molar-refractivity contribution in [2.24, 2.45) is 10.2 Å². The van der Waals surface area contributed by atoms with Crippen molar-refractivity contribution in [3.8, 4) is 28.4 Å². The topological polar surface area (TPSA) is 105 Å². The van der Waals surface area contributed by atoms with Crippen molar-refractivity contribution in [1.82, 2.24) is 9.38 Å². The number of halogens is 1. The van der Waals surface area contributed by atoms with E-state index >= 15 is 0 Å². The first-order chi connectivity index (χ1) is 16.0. The predicted octanol–water partition coefficient (Wildman–Crippen LogP) is 6.90. The summed E-state index contributed by atoms with van der Waals surface area (Å²) in [6.07, 6.45) is 0. The molecule has 0 saturated heterocycles. The average molecular weight is 459 g/mol. The van der Waals surface area contributed by atoms with E-state index in [1.165, 1.54) is 34.7 Å². The van der Waals surface area contributed by atoms with Crippen LogP contribution in [0.25, 0.3) is 27.5 Å². The van der Waals surface area contributed by atoms with Crippen molar-refractivity contribution < 1.29 is 14.4 Å². The molecule has 0 amide bonds. The number of aromatic hydroxyl groups is 1. The minimum absolute atomic E-state index is 0.0608. The first kappa shape index (κ1) is 20.5. The first-order valence-corrected chi connectivity index (χ1v) is 10.6. The summed E-state index contributed by atoms with van der Waals surface area (Å²) in [4.78, 5) is 15.4. The molecule has 0 aliphatic heterocycles. The Morgan fingerprint density at radius 1 is 0.970 bits per heavy atom. The van der Waals surface area contributed by atoms with E-state index in [1.54, 1.807) is 18.2 Å². The number of nitro groups is 1. The molecule has 0 bridgehead atoms. The van der Waals surface area contributed by atoms with Gasteiger partial charge in [0.15, 0.2) is 4.96 Å². The fourth-order valence-electron chi connectivity index (χ4n) is 3.40. The summed E-state index contributed by atoms with van der Waals surface area (Å²) in [6.45, 7) is 0. The SMILES string of the molecule is O=[N+]([O-])c1ccc(N=Nc2sc3nc(-c4ccccc4)c(-c4ccccc4F)n3c2O)cc1. The zero-order valence-corrected chi connectivity index (χ0v) is 17.6. The zero-order valence-electron chi connectivity index (χ0n) is 16.8. The molecule has 3 aromatic carbocycles. The van der Waals surface area contributed by atoms with E-state index in [2.05, 4.69) is 15.2 Å². The highest BCUT2D eigenvalue weighted by atomic mass is 32.1. The highest BCUT2D eigenvalue weighted by Crippen LogP contribution is 2.44. The Kier molecular flexibility index (Phi) is 5.11. The molecule has 2 heterocycles. The normalized spacial score (nSPS) is 11.4. The number of aromatic nitrogens is 2. The van der Waals surface area contributed by atoms with Crippen LogP contribution in [0.2, 0.25) is 0 Å². The summed E-state index contributed by atoms with van der Waals surface area (Å²) in [5.74, 6) is -0.676. The Labute approximate surface area is 190 Å². The number of nitro benzene ring substituents is 1. The van der Waals surface area contributed by atoms with Gasteiger partial charge in [-0.2, -0.15) is 0 Å². The Balaban J connectivity index is 1.64. The third-order valence-electron chi connectivity index (χ3n) is 4.93. The molecule has 2 aromatic heterocycles. The fraction of sp³-hybridized carbons (Fsp3) is 0. The van der Waals surface area contributed by atoms with Gasteiger partial charge in [-0.15, -0.1) is 10.2 Å². The number of rotatable bonds is 5. The van der Waals surface area contributed by atoms with Crippen LogP contribution in [0, 0.1) is 15.9 Å². The largest absolute Gasteiger partial charge is 0.492 e. The van der Waals surface area contributed by atoms with Gasteiger partial charge >= 0.3 is 0 Å². The molecule has 0 spiro atoms. The molecular formula is C23H14FN5O3S. The Morgan fingerprint density at radius 3 is 2.36 bits per heavy atom. The van der Waals surface area contributed by atoms with Gasteiger partial charge in [-0.1, -0.05) is 53.8 Å². The standard InChI is InChI=1S/C23H14FN5O3S/c24-18-9-5-4-8-17(18)20-19(14-6-2-1-3-7-14)25-23-28(20)22(30)21(33-23)27-26-15-10-12-16(13-11-15)29(31)32/h1-13,30H. The predicted molar refractivity (Wildman–Crippen MR) is 123 cm³/mol. The van der Waals surface area contributed by atoms with E-state index < -0.39 is 10.7 Å². The molecule has 10 heteroatoms. The van der Waals surface area contributed by atoms with Gasteiger partial charge in [0, 0.05) is 23.3 Å². The van der Waals surface area contributed by atoms with Crippen molar-refractivity contribution in [3.63, 3.8) is 0 Å². The fourth-order valence-corrected chi connectivity index (χ4v) is 4.24. The molecule has 33 heavy (non-hydrogen) atoms. The molecular weight excluding hydrogens is 445 g/mol. The lowest BCUT2D eigenvalue weighted by Crippen LogP contribution is -1.91. The summed E-state index contributed by atoms with van der Waals surface area (Å²) in [6, 6.07) is 21.1. The Bertz CT molecular complexity index is 1510. The monoisotopic (exact) mass is 459 g/mol. The number of benzene rings is 3. The van der Waals surface area contributed by atoms with Gasteiger partial charge in [0.25, 0.3) is 5.69 Å². The van der Waals surface area contributed by atoms with Crippen LogP contribution < -0.4 is 0 Å². The maximum atomic E-state index is 14.8. The van der Waals surface area contributed by atoms with E-state index in [9.17, 15) is 19.6 Å². The van der Waals surface area contributed by atoms with Crippen LogP contribution in [0.3, 0.4) is 0 Å². The lowest BCUT2D eigenvalue weighted by atomic mass is 10.0. The summed E-state index contributed by atoms with van der Waals surface area (Å²) in [5, 5.41) is 30.1. The van der Waals surface area contributed by atoms with E-state index in [0.29, 0.717) is 22.0 Å².